The zero-order chi connectivity index (χ0) is 19.8. The van der Waals surface area contributed by atoms with Gasteiger partial charge in [-0.15, -0.1) is 0 Å². The molecule has 0 atom stereocenters. The summed E-state index contributed by atoms with van der Waals surface area (Å²) in [5.41, 5.74) is -0.0514. The Hall–Kier alpha value is -1.36. The van der Waals surface area contributed by atoms with Gasteiger partial charge in [0.15, 0.2) is 0 Å². The Morgan fingerprint density at radius 1 is 0.880 bits per heavy atom. The third kappa shape index (κ3) is 3.91. The summed E-state index contributed by atoms with van der Waals surface area (Å²) in [6.45, 7) is -0.904. The summed E-state index contributed by atoms with van der Waals surface area (Å²) >= 11 is 11.1. The Morgan fingerprint density at radius 3 is 1.84 bits per heavy atom. The normalized spacial score (nSPS) is 13.7. The van der Waals surface area contributed by atoms with Crippen LogP contribution in [-0.2, 0) is 11.3 Å². The summed E-state index contributed by atoms with van der Waals surface area (Å²) in [4.78, 5) is 11.1. The molecule has 0 aliphatic heterocycles. The van der Waals surface area contributed by atoms with Gasteiger partial charge in [0, 0.05) is 6.54 Å². The Kier molecular flexibility index (Phi) is 5.85. The molecular formula is C12H6Cl2F9NO. The van der Waals surface area contributed by atoms with Crippen molar-refractivity contribution in [3.63, 3.8) is 0 Å². The maximum absolute atomic E-state index is 13.3. The van der Waals surface area contributed by atoms with Crippen LogP contribution in [0.2, 0.25) is 10.0 Å². The number of rotatable bonds is 5. The summed E-state index contributed by atoms with van der Waals surface area (Å²) in [7, 11) is 0. The highest BCUT2D eigenvalue weighted by molar-refractivity contribution is 6.42. The first kappa shape index (κ1) is 21.7. The van der Waals surface area contributed by atoms with E-state index in [4.69, 9.17) is 23.2 Å². The van der Waals surface area contributed by atoms with Crippen molar-refractivity contribution in [2.75, 3.05) is 0 Å². The third-order valence-corrected chi connectivity index (χ3v) is 3.61. The van der Waals surface area contributed by atoms with Gasteiger partial charge in [-0.2, -0.15) is 39.5 Å². The molecule has 1 N–H and O–H groups in total. The van der Waals surface area contributed by atoms with Gasteiger partial charge in [-0.1, -0.05) is 29.3 Å². The molecule has 0 spiro atoms. The van der Waals surface area contributed by atoms with E-state index in [0.717, 1.165) is 23.5 Å². The van der Waals surface area contributed by atoms with Gasteiger partial charge in [0.05, 0.1) is 10.0 Å². The molecule has 25 heavy (non-hydrogen) atoms. The van der Waals surface area contributed by atoms with Crippen LogP contribution in [0.1, 0.15) is 5.56 Å². The van der Waals surface area contributed by atoms with Gasteiger partial charge in [-0.05, 0) is 17.7 Å². The second kappa shape index (κ2) is 6.75. The van der Waals surface area contributed by atoms with Crippen molar-refractivity contribution in [3.8, 4) is 0 Å². The SMILES string of the molecule is O=C(NCc1ccc(Cl)c(Cl)c1)C(F)(F)C(F)(F)C(F)(F)C(F)(F)F. The van der Waals surface area contributed by atoms with Gasteiger partial charge in [0.2, 0.25) is 0 Å². The lowest BCUT2D eigenvalue weighted by atomic mass is 10.0. The van der Waals surface area contributed by atoms with Crippen LogP contribution >= 0.6 is 23.2 Å². The molecule has 0 fully saturated rings. The van der Waals surface area contributed by atoms with Crippen molar-refractivity contribution < 1.29 is 44.3 Å². The molecule has 0 saturated carbocycles. The molecule has 1 amide bonds. The van der Waals surface area contributed by atoms with E-state index in [1.54, 1.807) is 0 Å². The van der Waals surface area contributed by atoms with Gasteiger partial charge >= 0.3 is 23.9 Å². The van der Waals surface area contributed by atoms with Crippen LogP contribution in [0.15, 0.2) is 18.2 Å². The standard InChI is InChI=1S/C12H6Cl2F9NO/c13-6-2-1-5(3-7(6)14)4-24-8(25)9(15,16)10(17,18)11(19,20)12(21,22)23/h1-3H,4H2,(H,24,25). The number of nitrogens with one attached hydrogen (secondary N) is 1. The van der Waals surface area contributed by atoms with Crippen LogP contribution in [0.4, 0.5) is 39.5 Å². The molecule has 1 rings (SSSR count). The molecule has 142 valence electrons. The van der Waals surface area contributed by atoms with E-state index in [1.165, 1.54) is 0 Å². The van der Waals surface area contributed by atoms with Crippen LogP contribution in [0.25, 0.3) is 0 Å². The summed E-state index contributed by atoms with van der Waals surface area (Å²) < 4.78 is 114. The first-order chi connectivity index (χ1) is 11.1. The topological polar surface area (TPSA) is 29.1 Å². The number of benzene rings is 1. The molecule has 0 bridgehead atoms. The van der Waals surface area contributed by atoms with E-state index in [9.17, 15) is 44.3 Å². The minimum atomic E-state index is -7.13. The average Bonchev–Trinajstić information content (AvgIpc) is 2.46. The maximum Gasteiger partial charge on any atom is 0.460 e. The van der Waals surface area contributed by atoms with Gasteiger partial charge in [0.1, 0.15) is 0 Å². The lowest BCUT2D eigenvalue weighted by Crippen LogP contribution is -2.65. The van der Waals surface area contributed by atoms with Gasteiger partial charge in [-0.25, -0.2) is 0 Å². The van der Waals surface area contributed by atoms with Crippen LogP contribution in [-0.4, -0.2) is 29.9 Å². The highest BCUT2D eigenvalue weighted by Crippen LogP contribution is 2.53. The minimum absolute atomic E-state index is 0.0263. The molecule has 0 radical (unpaired) electrons. The summed E-state index contributed by atoms with van der Waals surface area (Å²) in [5.74, 6) is -23.5. The number of amides is 1. The van der Waals surface area contributed by atoms with Crippen molar-refractivity contribution in [1.82, 2.24) is 5.32 Å². The van der Waals surface area contributed by atoms with Gasteiger partial charge in [-0.3, -0.25) is 4.79 Å². The fraction of sp³-hybridized carbons (Fsp3) is 0.417. The van der Waals surface area contributed by atoms with Crippen LogP contribution in [0, 0.1) is 0 Å². The number of halogens is 11. The molecule has 2 nitrogen and oxygen atoms in total. The molecule has 0 unspecified atom stereocenters. The Bertz CT molecular complexity index is 660. The monoisotopic (exact) mass is 421 g/mol. The van der Waals surface area contributed by atoms with E-state index >= 15 is 0 Å². The highest BCUT2D eigenvalue weighted by Gasteiger charge is 2.83. The van der Waals surface area contributed by atoms with E-state index in [0.29, 0.717) is 0 Å². The second-order valence-electron chi connectivity index (χ2n) is 4.65. The minimum Gasteiger partial charge on any atom is -0.347 e. The average molecular weight is 422 g/mol. The van der Waals surface area contributed by atoms with Crippen molar-refractivity contribution in [2.24, 2.45) is 0 Å². The van der Waals surface area contributed by atoms with Crippen molar-refractivity contribution >= 4 is 29.1 Å². The number of hydrogen-bond acceptors (Lipinski definition) is 1. The molecule has 0 aliphatic carbocycles. The van der Waals surface area contributed by atoms with Crippen LogP contribution in [0.5, 0.6) is 0 Å². The van der Waals surface area contributed by atoms with Crippen molar-refractivity contribution in [2.45, 2.75) is 30.5 Å². The zero-order valence-corrected chi connectivity index (χ0v) is 13.0. The number of hydrogen-bond donors (Lipinski definition) is 1. The van der Waals surface area contributed by atoms with E-state index < -0.39 is 36.4 Å². The van der Waals surface area contributed by atoms with Gasteiger partial charge in [0.25, 0.3) is 5.91 Å². The summed E-state index contributed by atoms with van der Waals surface area (Å²) in [6, 6.07) is 3.30. The highest BCUT2D eigenvalue weighted by atomic mass is 35.5. The smallest absolute Gasteiger partial charge is 0.347 e. The maximum atomic E-state index is 13.3. The molecule has 0 aliphatic rings. The summed E-state index contributed by atoms with van der Waals surface area (Å²) in [6.07, 6.45) is -7.00. The zero-order valence-electron chi connectivity index (χ0n) is 11.5. The lowest BCUT2D eigenvalue weighted by Gasteiger charge is -2.32. The second-order valence-corrected chi connectivity index (χ2v) is 5.47. The molecule has 0 aromatic heterocycles. The third-order valence-electron chi connectivity index (χ3n) is 2.87. The molecular weight excluding hydrogens is 416 g/mol. The lowest BCUT2D eigenvalue weighted by molar-refractivity contribution is -0.388. The number of alkyl halides is 9. The summed E-state index contributed by atoms with van der Waals surface area (Å²) in [5, 5.41) is 1.07. The Balaban J connectivity index is 3.00. The van der Waals surface area contributed by atoms with Crippen molar-refractivity contribution in [3.05, 3.63) is 33.8 Å². The number of carbonyl (C=O) groups is 1. The molecule has 13 heteroatoms. The van der Waals surface area contributed by atoms with E-state index in [2.05, 4.69) is 0 Å². The fourth-order valence-electron chi connectivity index (χ4n) is 1.46. The van der Waals surface area contributed by atoms with E-state index in [-0.39, 0.29) is 15.6 Å². The molecule has 0 saturated heterocycles. The predicted octanol–water partition coefficient (Wildman–Crippen LogP) is 5.08. The Labute approximate surface area is 143 Å². The molecule has 0 heterocycles. The molecule has 1 aromatic carbocycles. The predicted molar refractivity (Wildman–Crippen MR) is 69.2 cm³/mol. The van der Waals surface area contributed by atoms with Crippen LogP contribution in [0.3, 0.4) is 0 Å². The van der Waals surface area contributed by atoms with Crippen LogP contribution < -0.4 is 5.32 Å². The first-order valence-corrected chi connectivity index (χ1v) is 6.73. The first-order valence-electron chi connectivity index (χ1n) is 5.98. The quantitative estimate of drug-likeness (QED) is 0.660. The van der Waals surface area contributed by atoms with Crippen molar-refractivity contribution in [1.29, 1.82) is 0 Å². The van der Waals surface area contributed by atoms with E-state index in [1.807, 2.05) is 0 Å². The fourth-order valence-corrected chi connectivity index (χ4v) is 1.78. The Morgan fingerprint density at radius 2 is 1.40 bits per heavy atom. The largest absolute Gasteiger partial charge is 0.460 e. The molecule has 1 aromatic rings. The van der Waals surface area contributed by atoms with Gasteiger partial charge < -0.3 is 5.32 Å². The number of carbonyl (C=O) groups excluding carboxylic acids is 1.